The van der Waals surface area contributed by atoms with Gasteiger partial charge in [0.2, 0.25) is 10.0 Å². The first kappa shape index (κ1) is 24.9. The van der Waals surface area contributed by atoms with E-state index in [1.54, 1.807) is 60.7 Å². The van der Waals surface area contributed by atoms with Gasteiger partial charge in [-0.25, -0.2) is 13.2 Å². The van der Waals surface area contributed by atoms with Crippen molar-refractivity contribution < 1.29 is 18.3 Å². The highest BCUT2D eigenvalue weighted by molar-refractivity contribution is 9.10. The predicted octanol–water partition coefficient (Wildman–Crippen LogP) is 6.95. The number of aryl methyl sites for hydroxylation is 1. The molecule has 0 bridgehead atoms. The standard InChI is InChI=1S/C25H20BrCl2NO4S/c1-15-2-9-19(10-3-15)34(32,33)29-23(17-6-12-21(27)22(28)14-17)13-11-20(25(30)31)24(29)16-4-7-18(26)8-5-16/h2-12,14,23-24H,13H2,1H3,(H,30,31)/t23?,24-/m0/s1. The Labute approximate surface area is 216 Å². The largest absolute Gasteiger partial charge is 0.478 e. The molecule has 0 saturated carbocycles. The fourth-order valence-corrected chi connectivity index (χ4v) is 6.44. The maximum absolute atomic E-state index is 14.1. The van der Waals surface area contributed by atoms with Crippen LogP contribution in [-0.2, 0) is 14.8 Å². The van der Waals surface area contributed by atoms with Crippen LogP contribution < -0.4 is 0 Å². The fourth-order valence-electron chi connectivity index (χ4n) is 4.09. The number of carbonyl (C=O) groups is 1. The molecule has 1 N–H and O–H groups in total. The SMILES string of the molecule is Cc1ccc(S(=O)(=O)N2C(c3ccc(Cl)c(Cl)c3)CC=C(C(=O)O)[C@@H]2c2ccc(Br)cc2)cc1. The molecule has 4 rings (SSSR count). The van der Waals surface area contributed by atoms with Gasteiger partial charge < -0.3 is 5.11 Å². The molecule has 34 heavy (non-hydrogen) atoms. The molecule has 0 amide bonds. The van der Waals surface area contributed by atoms with Crippen LogP contribution in [0.4, 0.5) is 0 Å². The normalized spacial score (nSPS) is 19.0. The van der Waals surface area contributed by atoms with E-state index >= 15 is 0 Å². The van der Waals surface area contributed by atoms with Gasteiger partial charge in [-0.2, -0.15) is 4.31 Å². The van der Waals surface area contributed by atoms with Gasteiger partial charge in [0.25, 0.3) is 0 Å². The van der Waals surface area contributed by atoms with E-state index in [2.05, 4.69) is 15.9 Å². The Morgan fingerprint density at radius 2 is 1.59 bits per heavy atom. The van der Waals surface area contributed by atoms with Crippen molar-refractivity contribution in [3.05, 3.63) is 110 Å². The smallest absolute Gasteiger partial charge is 0.333 e. The molecule has 1 aliphatic heterocycles. The van der Waals surface area contributed by atoms with Crippen LogP contribution >= 0.6 is 39.1 Å². The Bertz CT molecular complexity index is 1370. The van der Waals surface area contributed by atoms with Crippen molar-refractivity contribution >= 4 is 55.1 Å². The summed E-state index contributed by atoms with van der Waals surface area (Å²) in [6, 6.07) is 16.7. The lowest BCUT2D eigenvalue weighted by Crippen LogP contribution is -2.42. The molecule has 1 unspecified atom stereocenters. The molecule has 5 nitrogen and oxygen atoms in total. The van der Waals surface area contributed by atoms with E-state index in [1.807, 2.05) is 6.92 Å². The molecule has 0 fully saturated rings. The third-order valence-electron chi connectivity index (χ3n) is 5.77. The van der Waals surface area contributed by atoms with Crippen LogP contribution in [0.2, 0.25) is 10.0 Å². The number of halogens is 3. The van der Waals surface area contributed by atoms with Crippen LogP contribution in [0.3, 0.4) is 0 Å². The first-order valence-corrected chi connectivity index (χ1v) is 13.3. The van der Waals surface area contributed by atoms with E-state index < -0.39 is 28.1 Å². The van der Waals surface area contributed by atoms with E-state index in [9.17, 15) is 18.3 Å². The number of benzene rings is 3. The molecule has 0 aromatic heterocycles. The number of rotatable bonds is 5. The fraction of sp³-hybridized carbons (Fsp3) is 0.160. The zero-order valence-corrected chi connectivity index (χ0v) is 21.9. The summed E-state index contributed by atoms with van der Waals surface area (Å²) in [5.41, 5.74) is 2.06. The second kappa shape index (κ2) is 9.84. The molecule has 1 heterocycles. The van der Waals surface area contributed by atoms with Crippen LogP contribution in [0.15, 0.2) is 87.7 Å². The van der Waals surface area contributed by atoms with Gasteiger partial charge in [0.05, 0.1) is 32.6 Å². The first-order chi connectivity index (χ1) is 16.1. The molecule has 0 spiro atoms. The van der Waals surface area contributed by atoms with Gasteiger partial charge in [-0.3, -0.25) is 0 Å². The molecule has 0 aliphatic carbocycles. The Morgan fingerprint density at radius 1 is 0.971 bits per heavy atom. The Kier molecular flexibility index (Phi) is 7.22. The van der Waals surface area contributed by atoms with Crippen molar-refractivity contribution in [1.29, 1.82) is 0 Å². The third kappa shape index (κ3) is 4.81. The van der Waals surface area contributed by atoms with Gasteiger partial charge in [0.1, 0.15) is 0 Å². The van der Waals surface area contributed by atoms with Crippen LogP contribution in [-0.4, -0.2) is 23.8 Å². The molecule has 9 heteroatoms. The molecule has 2 atom stereocenters. The summed E-state index contributed by atoms with van der Waals surface area (Å²) >= 11 is 15.8. The summed E-state index contributed by atoms with van der Waals surface area (Å²) < 4.78 is 30.3. The Balaban J connectivity index is 1.97. The number of nitrogens with zero attached hydrogens (tertiary/aromatic N) is 1. The summed E-state index contributed by atoms with van der Waals surface area (Å²) in [7, 11) is -4.13. The van der Waals surface area contributed by atoms with Crippen LogP contribution in [0.25, 0.3) is 0 Å². The molecule has 176 valence electrons. The van der Waals surface area contributed by atoms with Gasteiger partial charge in [-0.1, -0.05) is 81.1 Å². The number of aliphatic carboxylic acids is 1. The number of sulfonamides is 1. The average molecular weight is 581 g/mol. The summed E-state index contributed by atoms with van der Waals surface area (Å²) in [4.78, 5) is 12.3. The Morgan fingerprint density at radius 3 is 2.18 bits per heavy atom. The second-order valence-electron chi connectivity index (χ2n) is 7.99. The number of hydrogen-bond acceptors (Lipinski definition) is 3. The van der Waals surface area contributed by atoms with Crippen molar-refractivity contribution in [2.24, 2.45) is 0 Å². The van der Waals surface area contributed by atoms with Crippen molar-refractivity contribution in [2.75, 3.05) is 0 Å². The third-order valence-corrected chi connectivity index (χ3v) is 8.93. The van der Waals surface area contributed by atoms with Gasteiger partial charge in [0, 0.05) is 4.47 Å². The topological polar surface area (TPSA) is 74.7 Å². The molecule has 1 aliphatic rings. The monoisotopic (exact) mass is 579 g/mol. The second-order valence-corrected chi connectivity index (χ2v) is 11.6. The minimum absolute atomic E-state index is 0.00526. The highest BCUT2D eigenvalue weighted by Crippen LogP contribution is 2.46. The number of carboxylic acids is 1. The first-order valence-electron chi connectivity index (χ1n) is 10.3. The zero-order chi connectivity index (χ0) is 24.6. The predicted molar refractivity (Wildman–Crippen MR) is 137 cm³/mol. The van der Waals surface area contributed by atoms with E-state index in [-0.39, 0.29) is 16.9 Å². The maximum Gasteiger partial charge on any atom is 0.333 e. The molecule has 0 saturated heterocycles. The van der Waals surface area contributed by atoms with Gasteiger partial charge in [-0.15, -0.1) is 0 Å². The van der Waals surface area contributed by atoms with E-state index in [0.29, 0.717) is 21.2 Å². The number of hydrogen-bond donors (Lipinski definition) is 1. The van der Waals surface area contributed by atoms with Crippen molar-refractivity contribution in [3.63, 3.8) is 0 Å². The highest BCUT2D eigenvalue weighted by Gasteiger charge is 2.44. The Hall–Kier alpha value is -2.16. The highest BCUT2D eigenvalue weighted by atomic mass is 79.9. The molecule has 0 radical (unpaired) electrons. The minimum Gasteiger partial charge on any atom is -0.478 e. The van der Waals surface area contributed by atoms with E-state index in [0.717, 1.165) is 10.0 Å². The van der Waals surface area contributed by atoms with Crippen molar-refractivity contribution in [2.45, 2.75) is 30.3 Å². The quantitative estimate of drug-likeness (QED) is 0.354. The molecule has 3 aromatic carbocycles. The van der Waals surface area contributed by atoms with Crippen LogP contribution in [0.5, 0.6) is 0 Å². The lowest BCUT2D eigenvalue weighted by atomic mass is 9.89. The lowest BCUT2D eigenvalue weighted by molar-refractivity contribution is -0.133. The summed E-state index contributed by atoms with van der Waals surface area (Å²) in [6.45, 7) is 1.87. The molecular weight excluding hydrogens is 561 g/mol. The number of carboxylic acid groups (broad SMARTS) is 1. The molecule has 3 aromatic rings. The van der Waals surface area contributed by atoms with Gasteiger partial charge in [-0.05, 0) is 60.9 Å². The van der Waals surface area contributed by atoms with Crippen molar-refractivity contribution in [1.82, 2.24) is 4.31 Å². The zero-order valence-electron chi connectivity index (χ0n) is 18.0. The minimum atomic E-state index is -4.13. The summed E-state index contributed by atoms with van der Waals surface area (Å²) in [5.74, 6) is -1.18. The maximum atomic E-state index is 14.1. The summed E-state index contributed by atoms with van der Waals surface area (Å²) in [6.07, 6.45) is 1.75. The van der Waals surface area contributed by atoms with E-state index in [1.165, 1.54) is 16.4 Å². The van der Waals surface area contributed by atoms with Gasteiger partial charge in [0.15, 0.2) is 0 Å². The van der Waals surface area contributed by atoms with E-state index in [4.69, 9.17) is 23.2 Å². The lowest BCUT2D eigenvalue weighted by Gasteiger charge is -2.40. The van der Waals surface area contributed by atoms with Gasteiger partial charge >= 0.3 is 5.97 Å². The van der Waals surface area contributed by atoms with Crippen molar-refractivity contribution in [3.8, 4) is 0 Å². The summed E-state index contributed by atoms with van der Waals surface area (Å²) in [5, 5.41) is 10.7. The average Bonchev–Trinajstić information content (AvgIpc) is 2.80. The van der Waals surface area contributed by atoms with Crippen LogP contribution in [0, 0.1) is 6.92 Å². The molecular formula is C25H20BrCl2NO4S. The van der Waals surface area contributed by atoms with Crippen LogP contribution in [0.1, 0.15) is 35.2 Å².